The Hall–Kier alpha value is -3.78. The molecule has 0 aliphatic rings. The van der Waals surface area contributed by atoms with Crippen LogP contribution in [0.5, 0.6) is 0 Å². The van der Waals surface area contributed by atoms with Crippen LogP contribution in [0.1, 0.15) is 0 Å². The molecule has 28 heavy (non-hydrogen) atoms. The number of hydrogen-bond acceptors (Lipinski definition) is 2. The first kappa shape index (κ1) is 17.6. The largest absolute Gasteiger partial charge is 0.360 e. The Morgan fingerprint density at radius 2 is 0.750 bits per heavy atom. The van der Waals surface area contributed by atoms with Crippen molar-refractivity contribution in [3.63, 3.8) is 0 Å². The lowest BCUT2D eigenvalue weighted by Crippen LogP contribution is -1.95. The predicted octanol–water partition coefficient (Wildman–Crippen LogP) is 7.02. The molecule has 4 aromatic rings. The van der Waals surface area contributed by atoms with Crippen molar-refractivity contribution in [1.82, 2.24) is 0 Å². The van der Waals surface area contributed by atoms with Crippen molar-refractivity contribution < 1.29 is 0 Å². The zero-order valence-corrected chi connectivity index (χ0v) is 15.5. The summed E-state index contributed by atoms with van der Waals surface area (Å²) < 4.78 is 0. The SMILES string of the molecule is C(=C/Nc1ccccc1-c1ccccc1)/Nc1ccccc1-c1ccccc1. The lowest BCUT2D eigenvalue weighted by Gasteiger charge is -2.11. The molecule has 0 aliphatic carbocycles. The minimum atomic E-state index is 1.07. The molecule has 0 saturated heterocycles. The van der Waals surface area contributed by atoms with Gasteiger partial charge in [0.1, 0.15) is 0 Å². The van der Waals surface area contributed by atoms with Gasteiger partial charge >= 0.3 is 0 Å². The second-order valence-corrected chi connectivity index (χ2v) is 6.45. The molecule has 0 bridgehead atoms. The van der Waals surface area contributed by atoms with Gasteiger partial charge in [0.2, 0.25) is 0 Å². The predicted molar refractivity (Wildman–Crippen MR) is 120 cm³/mol. The number of para-hydroxylation sites is 2. The average Bonchev–Trinajstić information content (AvgIpc) is 2.78. The highest BCUT2D eigenvalue weighted by Crippen LogP contribution is 2.29. The van der Waals surface area contributed by atoms with Gasteiger partial charge in [-0.05, 0) is 23.3 Å². The fourth-order valence-corrected chi connectivity index (χ4v) is 3.22. The van der Waals surface area contributed by atoms with E-state index in [0.29, 0.717) is 0 Å². The summed E-state index contributed by atoms with van der Waals surface area (Å²) >= 11 is 0. The summed E-state index contributed by atoms with van der Waals surface area (Å²) in [4.78, 5) is 0. The molecular weight excluding hydrogens is 340 g/mol. The number of hydrogen-bond donors (Lipinski definition) is 2. The molecule has 0 fully saturated rings. The van der Waals surface area contributed by atoms with Gasteiger partial charge in [-0.2, -0.15) is 0 Å². The topological polar surface area (TPSA) is 24.1 Å². The van der Waals surface area contributed by atoms with Crippen molar-refractivity contribution in [2.75, 3.05) is 10.6 Å². The first-order valence-electron chi connectivity index (χ1n) is 9.39. The monoisotopic (exact) mass is 362 g/mol. The first-order chi connectivity index (χ1) is 13.9. The molecule has 0 aliphatic heterocycles. The Morgan fingerprint density at radius 3 is 1.18 bits per heavy atom. The number of anilines is 2. The third-order valence-corrected chi connectivity index (χ3v) is 4.58. The quantitative estimate of drug-likeness (QED) is 0.385. The average molecular weight is 362 g/mol. The maximum Gasteiger partial charge on any atom is 0.0459 e. The maximum atomic E-state index is 3.40. The minimum absolute atomic E-state index is 1.07. The van der Waals surface area contributed by atoms with Gasteiger partial charge < -0.3 is 10.6 Å². The number of benzene rings is 4. The third-order valence-electron chi connectivity index (χ3n) is 4.58. The van der Waals surface area contributed by atoms with E-state index in [0.717, 1.165) is 11.4 Å². The fraction of sp³-hybridized carbons (Fsp3) is 0. The van der Waals surface area contributed by atoms with Crippen LogP contribution in [-0.4, -0.2) is 0 Å². The van der Waals surface area contributed by atoms with E-state index in [9.17, 15) is 0 Å². The van der Waals surface area contributed by atoms with Crippen LogP contribution < -0.4 is 10.6 Å². The Balaban J connectivity index is 1.50. The van der Waals surface area contributed by atoms with E-state index in [1.165, 1.54) is 22.3 Å². The lowest BCUT2D eigenvalue weighted by molar-refractivity contribution is 1.51. The smallest absolute Gasteiger partial charge is 0.0459 e. The summed E-state index contributed by atoms with van der Waals surface area (Å²) in [6, 6.07) is 37.4. The van der Waals surface area contributed by atoms with Crippen LogP contribution in [0.15, 0.2) is 122 Å². The molecule has 2 heteroatoms. The summed E-state index contributed by atoms with van der Waals surface area (Å²) in [7, 11) is 0. The summed E-state index contributed by atoms with van der Waals surface area (Å²) in [6.45, 7) is 0. The lowest BCUT2D eigenvalue weighted by atomic mass is 10.0. The molecule has 2 N–H and O–H groups in total. The Labute approximate surface area is 166 Å². The van der Waals surface area contributed by atoms with Crippen molar-refractivity contribution in [2.24, 2.45) is 0 Å². The van der Waals surface area contributed by atoms with Crippen LogP contribution in [0.25, 0.3) is 22.3 Å². The third kappa shape index (κ3) is 4.13. The van der Waals surface area contributed by atoms with Crippen LogP contribution in [0.3, 0.4) is 0 Å². The molecule has 0 aromatic heterocycles. The molecule has 0 heterocycles. The van der Waals surface area contributed by atoms with Crippen molar-refractivity contribution in [2.45, 2.75) is 0 Å². The van der Waals surface area contributed by atoms with Crippen molar-refractivity contribution in [3.8, 4) is 22.3 Å². The summed E-state index contributed by atoms with van der Waals surface area (Å²) in [5.41, 5.74) is 6.89. The van der Waals surface area contributed by atoms with Gasteiger partial charge in [0, 0.05) is 34.9 Å². The highest BCUT2D eigenvalue weighted by molar-refractivity contribution is 5.79. The van der Waals surface area contributed by atoms with E-state index in [1.54, 1.807) is 0 Å². The van der Waals surface area contributed by atoms with Crippen LogP contribution in [0.2, 0.25) is 0 Å². The summed E-state index contributed by atoms with van der Waals surface area (Å²) in [5.74, 6) is 0. The van der Waals surface area contributed by atoms with Gasteiger partial charge in [0.05, 0.1) is 0 Å². The second kappa shape index (κ2) is 8.74. The highest BCUT2D eigenvalue weighted by atomic mass is 14.9. The van der Waals surface area contributed by atoms with E-state index in [2.05, 4.69) is 95.6 Å². The summed E-state index contributed by atoms with van der Waals surface area (Å²) in [5, 5.41) is 6.80. The van der Waals surface area contributed by atoms with E-state index in [1.807, 2.05) is 36.7 Å². The van der Waals surface area contributed by atoms with Gasteiger partial charge in [0.15, 0.2) is 0 Å². The summed E-state index contributed by atoms with van der Waals surface area (Å²) in [6.07, 6.45) is 3.87. The zero-order valence-electron chi connectivity index (χ0n) is 15.5. The van der Waals surface area contributed by atoms with Gasteiger partial charge in [-0.15, -0.1) is 0 Å². The van der Waals surface area contributed by atoms with Crippen molar-refractivity contribution in [3.05, 3.63) is 122 Å². The Bertz CT molecular complexity index is 967. The Kier molecular flexibility index (Phi) is 5.50. The number of nitrogens with one attached hydrogen (secondary N) is 2. The molecule has 4 aromatic carbocycles. The van der Waals surface area contributed by atoms with Crippen LogP contribution in [-0.2, 0) is 0 Å². The molecule has 0 atom stereocenters. The van der Waals surface area contributed by atoms with E-state index in [4.69, 9.17) is 0 Å². The second-order valence-electron chi connectivity index (χ2n) is 6.45. The fourth-order valence-electron chi connectivity index (χ4n) is 3.22. The minimum Gasteiger partial charge on any atom is -0.360 e. The molecule has 0 radical (unpaired) electrons. The molecular formula is C26H22N2. The maximum absolute atomic E-state index is 3.40. The van der Waals surface area contributed by atoms with Gasteiger partial charge in [-0.1, -0.05) is 97.1 Å². The molecule has 4 rings (SSSR count). The standard InChI is InChI=1S/C26H22N2/c1-3-11-21(12-4-1)23-15-7-9-17-25(23)27-19-20-28-26-18-10-8-16-24(26)22-13-5-2-6-14-22/h1-20,27-28H/b20-19-. The van der Waals surface area contributed by atoms with Crippen molar-refractivity contribution >= 4 is 11.4 Å². The van der Waals surface area contributed by atoms with Crippen LogP contribution in [0.4, 0.5) is 11.4 Å². The Morgan fingerprint density at radius 1 is 0.393 bits per heavy atom. The molecule has 0 amide bonds. The number of rotatable bonds is 6. The first-order valence-corrected chi connectivity index (χ1v) is 9.39. The van der Waals surface area contributed by atoms with E-state index in [-0.39, 0.29) is 0 Å². The zero-order chi connectivity index (χ0) is 19.0. The van der Waals surface area contributed by atoms with E-state index < -0.39 is 0 Å². The van der Waals surface area contributed by atoms with Crippen LogP contribution in [0, 0.1) is 0 Å². The highest BCUT2D eigenvalue weighted by Gasteiger charge is 2.03. The van der Waals surface area contributed by atoms with Gasteiger partial charge in [-0.25, -0.2) is 0 Å². The molecule has 136 valence electrons. The van der Waals surface area contributed by atoms with Gasteiger partial charge in [-0.3, -0.25) is 0 Å². The van der Waals surface area contributed by atoms with E-state index >= 15 is 0 Å². The molecule has 0 spiro atoms. The van der Waals surface area contributed by atoms with Crippen LogP contribution >= 0.6 is 0 Å². The molecule has 0 unspecified atom stereocenters. The van der Waals surface area contributed by atoms with Gasteiger partial charge in [0.25, 0.3) is 0 Å². The molecule has 0 saturated carbocycles. The normalized spacial score (nSPS) is 10.7. The molecule has 2 nitrogen and oxygen atoms in total. The van der Waals surface area contributed by atoms with Crippen molar-refractivity contribution in [1.29, 1.82) is 0 Å².